The lowest BCUT2D eigenvalue weighted by molar-refractivity contribution is 0.929. The molecule has 0 aliphatic rings. The minimum Gasteiger partial charge on any atom is -0.397 e. The van der Waals surface area contributed by atoms with Crippen molar-refractivity contribution in [2.24, 2.45) is 5.73 Å². The van der Waals surface area contributed by atoms with Gasteiger partial charge < -0.3 is 5.73 Å². The highest BCUT2D eigenvalue weighted by Crippen LogP contribution is 2.20. The summed E-state index contributed by atoms with van der Waals surface area (Å²) in [4.78, 5) is 0. The minimum absolute atomic E-state index is 0.584. The molecule has 0 aliphatic heterocycles. The van der Waals surface area contributed by atoms with Crippen LogP contribution >= 0.6 is 15.9 Å². The minimum atomic E-state index is 0.584. The molecule has 0 fully saturated rings. The first-order chi connectivity index (χ1) is 7.19. The fraction of sp³-hybridized carbons (Fsp3) is 0.250. The van der Waals surface area contributed by atoms with Crippen molar-refractivity contribution >= 4 is 21.6 Å². The van der Waals surface area contributed by atoms with Gasteiger partial charge in [-0.15, -0.1) is 0 Å². The molecule has 15 heavy (non-hydrogen) atoms. The second kappa shape index (κ2) is 5.57. The number of nitrogens with zero attached hydrogens (tertiary/aromatic N) is 1. The Morgan fingerprint density at radius 3 is 2.80 bits per heavy atom. The first-order valence-electron chi connectivity index (χ1n) is 4.83. The van der Waals surface area contributed by atoms with Gasteiger partial charge in [0.2, 0.25) is 0 Å². The number of allylic oxidation sites excluding steroid dienone is 1. The second-order valence-corrected chi connectivity index (χ2v) is 4.18. The van der Waals surface area contributed by atoms with Crippen molar-refractivity contribution < 1.29 is 0 Å². The van der Waals surface area contributed by atoms with Crippen LogP contribution in [0.1, 0.15) is 25.3 Å². The molecule has 0 unspecified atom stereocenters. The lowest BCUT2D eigenvalue weighted by atomic mass is 10.0. The van der Waals surface area contributed by atoms with Crippen LogP contribution in [0.15, 0.2) is 34.3 Å². The molecule has 2 N–H and O–H groups in total. The van der Waals surface area contributed by atoms with E-state index in [9.17, 15) is 0 Å². The smallest absolute Gasteiger partial charge is 0.0968 e. The largest absolute Gasteiger partial charge is 0.397 e. The number of rotatable bonds is 3. The zero-order valence-electron chi connectivity index (χ0n) is 8.63. The predicted octanol–water partition coefficient (Wildman–Crippen LogP) is 3.44. The summed E-state index contributed by atoms with van der Waals surface area (Å²) >= 11 is 3.38. The number of halogens is 1. The number of benzene rings is 1. The highest BCUT2D eigenvalue weighted by atomic mass is 79.9. The molecule has 1 aromatic rings. The van der Waals surface area contributed by atoms with Crippen LogP contribution in [0.25, 0.3) is 5.70 Å². The molecule has 0 atom stereocenters. The lowest BCUT2D eigenvalue weighted by Crippen LogP contribution is -2.00. The monoisotopic (exact) mass is 264 g/mol. The van der Waals surface area contributed by atoms with Crippen LogP contribution in [0.2, 0.25) is 0 Å². The van der Waals surface area contributed by atoms with Crippen LogP contribution in [0.5, 0.6) is 0 Å². The summed E-state index contributed by atoms with van der Waals surface area (Å²) in [5, 5.41) is 8.96. The van der Waals surface area contributed by atoms with E-state index in [-0.39, 0.29) is 0 Å². The third kappa shape index (κ3) is 3.10. The molecule has 0 spiro atoms. The van der Waals surface area contributed by atoms with Crippen LogP contribution in [0.3, 0.4) is 0 Å². The predicted molar refractivity (Wildman–Crippen MR) is 65.8 cm³/mol. The van der Waals surface area contributed by atoms with Crippen molar-refractivity contribution in [2.45, 2.75) is 19.8 Å². The fourth-order valence-electron chi connectivity index (χ4n) is 1.33. The van der Waals surface area contributed by atoms with Gasteiger partial charge in [-0.25, -0.2) is 0 Å². The number of nitrogens with two attached hydrogens (primary N) is 1. The normalized spacial score (nSPS) is 11.8. The van der Waals surface area contributed by atoms with Crippen LogP contribution < -0.4 is 5.73 Å². The quantitative estimate of drug-likeness (QED) is 0.851. The van der Waals surface area contributed by atoms with Crippen LogP contribution in [0.4, 0.5) is 0 Å². The van der Waals surface area contributed by atoms with Gasteiger partial charge in [-0.1, -0.05) is 41.4 Å². The van der Waals surface area contributed by atoms with E-state index in [0.717, 1.165) is 22.9 Å². The lowest BCUT2D eigenvalue weighted by Gasteiger charge is -2.05. The maximum Gasteiger partial charge on any atom is 0.0968 e. The van der Waals surface area contributed by atoms with Crippen LogP contribution in [0, 0.1) is 11.3 Å². The summed E-state index contributed by atoms with van der Waals surface area (Å²) in [6, 6.07) is 9.83. The summed E-state index contributed by atoms with van der Waals surface area (Å²) in [6.07, 6.45) is 1.66. The Kier molecular flexibility index (Phi) is 4.38. The van der Waals surface area contributed by atoms with Crippen LogP contribution in [-0.4, -0.2) is 0 Å². The Labute approximate surface area is 98.5 Å². The van der Waals surface area contributed by atoms with Crippen molar-refractivity contribution in [3.05, 3.63) is 39.9 Å². The molecule has 0 heterocycles. The van der Waals surface area contributed by atoms with E-state index in [1.54, 1.807) is 0 Å². The third-order valence-corrected chi connectivity index (χ3v) is 2.59. The number of hydrogen-bond donors (Lipinski definition) is 1. The standard InChI is InChI=1S/C12H13BrN2/c1-2-4-10(8-14)12(15)9-5-3-6-11(13)7-9/h3,5-7H,2,4,15H2,1H3/b12-10-. The molecule has 0 aliphatic carbocycles. The Balaban J connectivity index is 3.11. The Morgan fingerprint density at radius 1 is 1.53 bits per heavy atom. The Morgan fingerprint density at radius 2 is 2.27 bits per heavy atom. The first-order valence-corrected chi connectivity index (χ1v) is 5.63. The molecule has 0 amide bonds. The Bertz CT molecular complexity index is 416. The van der Waals surface area contributed by atoms with E-state index in [1.165, 1.54) is 0 Å². The molecular weight excluding hydrogens is 252 g/mol. The van der Waals surface area contributed by atoms with Gasteiger partial charge in [0.15, 0.2) is 0 Å². The van der Waals surface area contributed by atoms with E-state index in [4.69, 9.17) is 11.0 Å². The summed E-state index contributed by atoms with van der Waals surface area (Å²) in [7, 11) is 0. The van der Waals surface area contributed by atoms with Crippen LogP contribution in [-0.2, 0) is 0 Å². The van der Waals surface area contributed by atoms with E-state index >= 15 is 0 Å². The maximum atomic E-state index is 8.96. The maximum absolute atomic E-state index is 8.96. The van der Waals surface area contributed by atoms with Crippen molar-refractivity contribution in [1.29, 1.82) is 5.26 Å². The highest BCUT2D eigenvalue weighted by molar-refractivity contribution is 9.10. The molecule has 0 radical (unpaired) electrons. The number of nitriles is 1. The van der Waals surface area contributed by atoms with Crippen molar-refractivity contribution in [3.63, 3.8) is 0 Å². The van der Waals surface area contributed by atoms with E-state index in [0.29, 0.717) is 11.3 Å². The molecule has 2 nitrogen and oxygen atoms in total. The van der Waals surface area contributed by atoms with Gasteiger partial charge in [0.05, 0.1) is 17.3 Å². The summed E-state index contributed by atoms with van der Waals surface area (Å²) in [5.41, 5.74) is 8.09. The molecule has 3 heteroatoms. The average Bonchev–Trinajstić information content (AvgIpc) is 2.25. The second-order valence-electron chi connectivity index (χ2n) is 3.26. The van der Waals surface area contributed by atoms with E-state index in [1.807, 2.05) is 31.2 Å². The van der Waals surface area contributed by atoms with Crippen molar-refractivity contribution in [1.82, 2.24) is 0 Å². The van der Waals surface area contributed by atoms with Gasteiger partial charge >= 0.3 is 0 Å². The molecule has 1 rings (SSSR count). The van der Waals surface area contributed by atoms with Gasteiger partial charge in [0.1, 0.15) is 0 Å². The molecule has 1 aromatic carbocycles. The van der Waals surface area contributed by atoms with Gasteiger partial charge in [-0.05, 0) is 24.1 Å². The van der Waals surface area contributed by atoms with Gasteiger partial charge in [0.25, 0.3) is 0 Å². The van der Waals surface area contributed by atoms with Gasteiger partial charge in [-0.3, -0.25) is 0 Å². The molecule has 0 saturated heterocycles. The molecule has 0 saturated carbocycles. The van der Waals surface area contributed by atoms with Gasteiger partial charge in [0, 0.05) is 4.47 Å². The van der Waals surface area contributed by atoms with Gasteiger partial charge in [-0.2, -0.15) is 5.26 Å². The molecule has 78 valence electrons. The summed E-state index contributed by atoms with van der Waals surface area (Å²) < 4.78 is 0.969. The SMILES string of the molecule is CCC/C(C#N)=C(/N)c1cccc(Br)c1. The van der Waals surface area contributed by atoms with Crippen molar-refractivity contribution in [3.8, 4) is 6.07 Å². The summed E-state index contributed by atoms with van der Waals surface area (Å²) in [5.74, 6) is 0. The van der Waals surface area contributed by atoms with Crippen molar-refractivity contribution in [2.75, 3.05) is 0 Å². The zero-order valence-corrected chi connectivity index (χ0v) is 10.2. The third-order valence-electron chi connectivity index (χ3n) is 2.10. The molecule has 0 bridgehead atoms. The zero-order chi connectivity index (χ0) is 11.3. The first kappa shape index (κ1) is 11.8. The van der Waals surface area contributed by atoms with E-state index < -0.39 is 0 Å². The number of hydrogen-bond acceptors (Lipinski definition) is 2. The highest BCUT2D eigenvalue weighted by Gasteiger charge is 2.04. The average molecular weight is 265 g/mol. The summed E-state index contributed by atoms with van der Waals surface area (Å²) in [6.45, 7) is 2.03. The molecule has 0 aromatic heterocycles. The fourth-order valence-corrected chi connectivity index (χ4v) is 1.73. The van der Waals surface area contributed by atoms with E-state index in [2.05, 4.69) is 22.0 Å². The molecular formula is C12H13BrN2. The topological polar surface area (TPSA) is 49.8 Å². The Hall–Kier alpha value is -1.27.